The first-order valence-corrected chi connectivity index (χ1v) is 7.27. The quantitative estimate of drug-likeness (QED) is 0.396. The van der Waals surface area contributed by atoms with Crippen molar-refractivity contribution in [3.8, 4) is 0 Å². The van der Waals surface area contributed by atoms with Crippen molar-refractivity contribution in [3.63, 3.8) is 0 Å². The highest BCUT2D eigenvalue weighted by Gasteiger charge is 2.23. The van der Waals surface area contributed by atoms with Crippen LogP contribution >= 0.6 is 0 Å². The number of rotatable bonds is 9. The second-order valence-corrected chi connectivity index (χ2v) is 4.43. The molecule has 1 aromatic rings. The maximum atomic E-state index is 12.4. The van der Waals surface area contributed by atoms with E-state index in [9.17, 15) is 9.59 Å². The minimum absolute atomic E-state index is 0.210. The lowest BCUT2D eigenvalue weighted by Crippen LogP contribution is -2.40. The molecule has 0 aliphatic heterocycles. The molecule has 1 rings (SSSR count). The molecule has 1 aromatic carbocycles. The van der Waals surface area contributed by atoms with Gasteiger partial charge in [0, 0.05) is 18.9 Å². The van der Waals surface area contributed by atoms with Crippen molar-refractivity contribution in [2.45, 2.75) is 26.6 Å². The SMILES string of the molecule is CCOC(CN(C(=O)CC(=O)OC)c1ccccc1)OCC. The van der Waals surface area contributed by atoms with E-state index in [-0.39, 0.29) is 18.9 Å². The number of hydrogen-bond acceptors (Lipinski definition) is 5. The molecule has 0 heterocycles. The summed E-state index contributed by atoms with van der Waals surface area (Å²) in [4.78, 5) is 25.2. The number of carbonyl (C=O) groups excluding carboxylic acids is 2. The largest absolute Gasteiger partial charge is 0.469 e. The Morgan fingerprint density at radius 3 is 2.18 bits per heavy atom. The number of hydrogen-bond donors (Lipinski definition) is 0. The molecule has 0 bridgehead atoms. The van der Waals surface area contributed by atoms with Gasteiger partial charge >= 0.3 is 5.97 Å². The summed E-state index contributed by atoms with van der Waals surface area (Å²) in [5.41, 5.74) is 0.681. The van der Waals surface area contributed by atoms with Crippen LogP contribution in [0.5, 0.6) is 0 Å². The summed E-state index contributed by atoms with van der Waals surface area (Å²) in [6, 6.07) is 9.09. The fourth-order valence-electron chi connectivity index (χ4n) is 1.92. The molecule has 0 aromatic heterocycles. The standard InChI is InChI=1S/C16H23NO5/c1-4-21-16(22-5-2)12-17(13-9-7-6-8-10-13)14(18)11-15(19)20-3/h6-10,16H,4-5,11-12H2,1-3H3. The second-order valence-electron chi connectivity index (χ2n) is 4.43. The number of ether oxygens (including phenoxy) is 3. The molecular formula is C16H23NO5. The normalized spacial score (nSPS) is 10.5. The van der Waals surface area contributed by atoms with Crippen LogP contribution in [-0.4, -0.2) is 45.0 Å². The third kappa shape index (κ3) is 5.83. The van der Waals surface area contributed by atoms with Crippen molar-refractivity contribution >= 4 is 17.6 Å². The van der Waals surface area contributed by atoms with Crippen LogP contribution in [0.4, 0.5) is 5.69 Å². The second kappa shape index (κ2) is 9.92. The summed E-state index contributed by atoms with van der Waals surface area (Å²) in [6.45, 7) is 4.86. The van der Waals surface area contributed by atoms with Gasteiger partial charge in [-0.2, -0.15) is 0 Å². The first kappa shape index (κ1) is 18.1. The fourth-order valence-corrected chi connectivity index (χ4v) is 1.92. The Kier molecular flexibility index (Phi) is 8.17. The molecule has 0 unspecified atom stereocenters. The minimum Gasteiger partial charge on any atom is -0.469 e. The molecule has 0 spiro atoms. The van der Waals surface area contributed by atoms with Crippen LogP contribution < -0.4 is 4.90 Å². The molecule has 0 atom stereocenters. The van der Waals surface area contributed by atoms with Crippen LogP contribution in [0.2, 0.25) is 0 Å². The van der Waals surface area contributed by atoms with Gasteiger partial charge in [-0.15, -0.1) is 0 Å². The maximum Gasteiger partial charge on any atom is 0.315 e. The Bertz CT molecular complexity index is 457. The summed E-state index contributed by atoms with van der Waals surface area (Å²) >= 11 is 0. The van der Waals surface area contributed by atoms with Gasteiger partial charge in [-0.3, -0.25) is 9.59 Å². The van der Waals surface area contributed by atoms with Crippen LogP contribution in [0.15, 0.2) is 30.3 Å². The van der Waals surface area contributed by atoms with Gasteiger partial charge in [-0.05, 0) is 26.0 Å². The van der Waals surface area contributed by atoms with E-state index >= 15 is 0 Å². The molecule has 122 valence electrons. The number of benzene rings is 1. The Balaban J connectivity index is 2.90. The van der Waals surface area contributed by atoms with E-state index in [1.807, 2.05) is 32.0 Å². The van der Waals surface area contributed by atoms with Crippen LogP contribution in [0, 0.1) is 0 Å². The number of anilines is 1. The van der Waals surface area contributed by atoms with E-state index in [0.29, 0.717) is 18.9 Å². The van der Waals surface area contributed by atoms with Crippen molar-refractivity contribution in [1.29, 1.82) is 0 Å². The molecule has 0 radical (unpaired) electrons. The molecule has 6 nitrogen and oxygen atoms in total. The Labute approximate surface area is 131 Å². The molecular weight excluding hydrogens is 286 g/mol. The van der Waals surface area contributed by atoms with Crippen molar-refractivity contribution in [2.24, 2.45) is 0 Å². The highest BCUT2D eigenvalue weighted by Crippen LogP contribution is 2.16. The predicted octanol–water partition coefficient (Wildman–Crippen LogP) is 1.98. The number of nitrogens with zero attached hydrogens (tertiary/aromatic N) is 1. The molecule has 22 heavy (non-hydrogen) atoms. The summed E-state index contributed by atoms with van der Waals surface area (Å²) in [5.74, 6) is -0.933. The van der Waals surface area contributed by atoms with Gasteiger partial charge in [-0.25, -0.2) is 0 Å². The fraction of sp³-hybridized carbons (Fsp3) is 0.500. The Morgan fingerprint density at radius 1 is 1.09 bits per heavy atom. The van der Waals surface area contributed by atoms with Crippen LogP contribution in [0.3, 0.4) is 0 Å². The van der Waals surface area contributed by atoms with Crippen molar-refractivity contribution in [2.75, 3.05) is 31.8 Å². The van der Waals surface area contributed by atoms with Crippen molar-refractivity contribution in [3.05, 3.63) is 30.3 Å². The van der Waals surface area contributed by atoms with E-state index in [0.717, 1.165) is 0 Å². The summed E-state index contributed by atoms with van der Waals surface area (Å²) in [7, 11) is 1.26. The van der Waals surface area contributed by atoms with Gasteiger partial charge in [0.1, 0.15) is 6.42 Å². The molecule has 0 saturated carbocycles. The lowest BCUT2D eigenvalue weighted by Gasteiger charge is -2.27. The van der Waals surface area contributed by atoms with Crippen LogP contribution in [0.25, 0.3) is 0 Å². The molecule has 0 aliphatic carbocycles. The smallest absolute Gasteiger partial charge is 0.315 e. The molecule has 0 N–H and O–H groups in total. The first-order valence-electron chi connectivity index (χ1n) is 7.27. The number of para-hydroxylation sites is 1. The maximum absolute atomic E-state index is 12.4. The Hall–Kier alpha value is -1.92. The predicted molar refractivity (Wildman–Crippen MR) is 82.5 cm³/mol. The van der Waals surface area contributed by atoms with Crippen molar-refractivity contribution in [1.82, 2.24) is 0 Å². The molecule has 0 fully saturated rings. The van der Waals surface area contributed by atoms with E-state index in [1.165, 1.54) is 12.0 Å². The summed E-state index contributed by atoms with van der Waals surface area (Å²) in [5, 5.41) is 0. The van der Waals surface area contributed by atoms with Crippen LogP contribution in [0.1, 0.15) is 20.3 Å². The van der Waals surface area contributed by atoms with Crippen molar-refractivity contribution < 1.29 is 23.8 Å². The van der Waals surface area contributed by atoms with Gasteiger partial charge in [0.05, 0.1) is 13.7 Å². The summed E-state index contributed by atoms with van der Waals surface area (Å²) in [6.07, 6.45) is -0.868. The van der Waals surface area contributed by atoms with Crippen LogP contribution in [-0.2, 0) is 23.8 Å². The zero-order valence-corrected chi connectivity index (χ0v) is 13.3. The van der Waals surface area contributed by atoms with E-state index < -0.39 is 12.3 Å². The highest BCUT2D eigenvalue weighted by molar-refractivity contribution is 6.03. The van der Waals surface area contributed by atoms with Gasteiger partial charge in [0.2, 0.25) is 5.91 Å². The lowest BCUT2D eigenvalue weighted by atomic mass is 10.2. The first-order chi connectivity index (χ1) is 10.6. The van der Waals surface area contributed by atoms with Gasteiger partial charge in [0.25, 0.3) is 0 Å². The zero-order valence-electron chi connectivity index (χ0n) is 13.3. The van der Waals surface area contributed by atoms with E-state index in [1.54, 1.807) is 12.1 Å². The molecule has 0 aliphatic rings. The number of methoxy groups -OCH3 is 1. The third-order valence-corrected chi connectivity index (χ3v) is 2.93. The monoisotopic (exact) mass is 309 g/mol. The molecule has 1 amide bonds. The highest BCUT2D eigenvalue weighted by atomic mass is 16.7. The Morgan fingerprint density at radius 2 is 1.68 bits per heavy atom. The zero-order chi connectivity index (χ0) is 16.4. The minimum atomic E-state index is -0.574. The van der Waals surface area contributed by atoms with Gasteiger partial charge in [0.15, 0.2) is 6.29 Å². The van der Waals surface area contributed by atoms with Gasteiger partial charge in [-0.1, -0.05) is 18.2 Å². The van der Waals surface area contributed by atoms with E-state index in [4.69, 9.17) is 9.47 Å². The van der Waals surface area contributed by atoms with Gasteiger partial charge < -0.3 is 19.1 Å². The average molecular weight is 309 g/mol. The molecule has 0 saturated heterocycles. The molecule has 6 heteroatoms. The van der Waals surface area contributed by atoms with E-state index in [2.05, 4.69) is 4.74 Å². The topological polar surface area (TPSA) is 65.1 Å². The average Bonchev–Trinajstić information content (AvgIpc) is 2.53. The summed E-state index contributed by atoms with van der Waals surface area (Å²) < 4.78 is 15.5. The lowest BCUT2D eigenvalue weighted by molar-refractivity contribution is -0.145. The third-order valence-electron chi connectivity index (χ3n) is 2.93. The number of amides is 1. The number of carbonyl (C=O) groups is 2. The number of esters is 1.